The van der Waals surface area contributed by atoms with Gasteiger partial charge in [-0.25, -0.2) is 14.4 Å². The number of hydrogen-bond acceptors (Lipinski definition) is 6. The first kappa shape index (κ1) is 23.9. The van der Waals surface area contributed by atoms with Crippen LogP contribution in [0.1, 0.15) is 22.3 Å². The van der Waals surface area contributed by atoms with Crippen molar-refractivity contribution < 1.29 is 9.13 Å². The third kappa shape index (κ3) is 4.68. The Balaban J connectivity index is 1.08. The summed E-state index contributed by atoms with van der Waals surface area (Å²) in [5.41, 5.74) is 6.04. The predicted octanol–water partition coefficient (Wildman–Crippen LogP) is 5.44. The Hall–Kier alpha value is -3.47. The van der Waals surface area contributed by atoms with Crippen LogP contribution in [-0.2, 0) is 12.8 Å². The van der Waals surface area contributed by atoms with Gasteiger partial charge in [-0.3, -0.25) is 0 Å². The van der Waals surface area contributed by atoms with Crippen molar-refractivity contribution in [3.8, 4) is 17.6 Å². The third-order valence-corrected chi connectivity index (χ3v) is 8.19. The van der Waals surface area contributed by atoms with Crippen molar-refractivity contribution in [3.05, 3.63) is 81.5 Å². The molecular formula is C29H27ClFN5O. The zero-order chi connectivity index (χ0) is 25.5. The van der Waals surface area contributed by atoms with E-state index in [0.717, 1.165) is 57.0 Å². The van der Waals surface area contributed by atoms with Crippen molar-refractivity contribution in [2.45, 2.75) is 19.8 Å². The highest BCUT2D eigenvalue weighted by atomic mass is 35.5. The first-order valence-electron chi connectivity index (χ1n) is 12.6. The highest BCUT2D eigenvalue weighted by Crippen LogP contribution is 2.39. The number of fused-ring (bicyclic) bond motifs is 2. The van der Waals surface area contributed by atoms with Gasteiger partial charge in [0.15, 0.2) is 11.6 Å². The zero-order valence-corrected chi connectivity index (χ0v) is 21.4. The number of nitriles is 1. The molecule has 188 valence electrons. The molecule has 3 aromatic rings. The Kier molecular flexibility index (Phi) is 6.31. The monoisotopic (exact) mass is 515 g/mol. The SMILES string of the molecule is Cc1c(CCN2CC3CN(c4ncncc4Oc4ccc(F)cc4Cl)CC3C2)ccc2c1C=C(C#N)C2. The summed E-state index contributed by atoms with van der Waals surface area (Å²) >= 11 is 6.17. The second kappa shape index (κ2) is 9.77. The van der Waals surface area contributed by atoms with Gasteiger partial charge in [0, 0.05) is 44.7 Å². The van der Waals surface area contributed by atoms with Crippen LogP contribution < -0.4 is 9.64 Å². The van der Waals surface area contributed by atoms with Crippen molar-refractivity contribution in [3.63, 3.8) is 0 Å². The van der Waals surface area contributed by atoms with Gasteiger partial charge in [-0.05, 0) is 71.7 Å². The summed E-state index contributed by atoms with van der Waals surface area (Å²) in [6.45, 7) is 7.16. The number of ether oxygens (including phenoxy) is 1. The van der Waals surface area contributed by atoms with Crippen LogP contribution in [0.5, 0.6) is 11.5 Å². The number of hydrogen-bond donors (Lipinski definition) is 0. The second-order valence-corrected chi connectivity index (χ2v) is 10.6. The van der Waals surface area contributed by atoms with Gasteiger partial charge in [0.1, 0.15) is 17.9 Å². The van der Waals surface area contributed by atoms with E-state index in [9.17, 15) is 9.65 Å². The summed E-state index contributed by atoms with van der Waals surface area (Å²) in [4.78, 5) is 13.5. The molecule has 1 aromatic heterocycles. The molecule has 3 aliphatic rings. The van der Waals surface area contributed by atoms with E-state index in [4.69, 9.17) is 16.3 Å². The molecule has 2 fully saturated rings. The molecular weight excluding hydrogens is 489 g/mol. The molecule has 0 spiro atoms. The molecule has 37 heavy (non-hydrogen) atoms. The first-order valence-corrected chi connectivity index (χ1v) is 13.0. The van der Waals surface area contributed by atoms with E-state index < -0.39 is 5.82 Å². The molecule has 2 atom stereocenters. The predicted molar refractivity (Wildman–Crippen MR) is 141 cm³/mol. The minimum atomic E-state index is -0.407. The van der Waals surface area contributed by atoms with Crippen LogP contribution in [0.25, 0.3) is 6.08 Å². The topological polar surface area (TPSA) is 65.3 Å². The van der Waals surface area contributed by atoms with Crippen molar-refractivity contribution in [2.24, 2.45) is 11.8 Å². The minimum absolute atomic E-state index is 0.212. The minimum Gasteiger partial charge on any atom is -0.450 e. The number of nitrogens with zero attached hydrogens (tertiary/aromatic N) is 5. The van der Waals surface area contributed by atoms with Crippen LogP contribution in [0, 0.1) is 35.9 Å². The standard InChI is InChI=1S/C29H27ClFN5O/c1-18-20(2-3-21-8-19(11-32)9-25(18)21)6-7-35-13-22-15-36(16-23(22)14-35)29-28(12-33-17-34-29)37-27-5-4-24(31)10-26(27)30/h2-5,9-10,12,17,22-23H,6-8,13-16H2,1H3. The maximum atomic E-state index is 13.4. The fourth-order valence-electron chi connectivity index (χ4n) is 5.98. The van der Waals surface area contributed by atoms with Crippen LogP contribution in [0.2, 0.25) is 5.02 Å². The van der Waals surface area contributed by atoms with Gasteiger partial charge in [-0.2, -0.15) is 5.26 Å². The normalized spacial score (nSPS) is 20.5. The smallest absolute Gasteiger partial charge is 0.188 e. The van der Waals surface area contributed by atoms with E-state index >= 15 is 0 Å². The van der Waals surface area contributed by atoms with E-state index in [2.05, 4.69) is 51.0 Å². The lowest BCUT2D eigenvalue weighted by Gasteiger charge is -2.24. The van der Waals surface area contributed by atoms with Crippen LogP contribution in [0.4, 0.5) is 10.2 Å². The van der Waals surface area contributed by atoms with E-state index in [-0.39, 0.29) is 5.02 Å². The van der Waals surface area contributed by atoms with Crippen LogP contribution in [0.3, 0.4) is 0 Å². The Morgan fingerprint density at radius 3 is 2.70 bits per heavy atom. The van der Waals surface area contributed by atoms with Crippen LogP contribution >= 0.6 is 11.6 Å². The Labute approximate surface area is 221 Å². The van der Waals surface area contributed by atoms with Gasteiger partial charge in [0.05, 0.1) is 17.3 Å². The fourth-order valence-corrected chi connectivity index (χ4v) is 6.18. The first-order chi connectivity index (χ1) is 18.0. The zero-order valence-electron chi connectivity index (χ0n) is 20.6. The summed E-state index contributed by atoms with van der Waals surface area (Å²) in [6, 6.07) is 10.8. The lowest BCUT2D eigenvalue weighted by Crippen LogP contribution is -2.30. The molecule has 2 aliphatic heterocycles. The molecule has 0 bridgehead atoms. The molecule has 2 saturated heterocycles. The van der Waals surface area contributed by atoms with Crippen molar-refractivity contribution in [2.75, 3.05) is 37.6 Å². The average Bonchev–Trinajstić information content (AvgIpc) is 3.59. The molecule has 2 unspecified atom stereocenters. The number of anilines is 1. The van der Waals surface area contributed by atoms with E-state index in [1.807, 2.05) is 0 Å². The van der Waals surface area contributed by atoms with Gasteiger partial charge in [0.25, 0.3) is 0 Å². The maximum absolute atomic E-state index is 13.4. The Morgan fingerprint density at radius 2 is 1.95 bits per heavy atom. The number of aromatic nitrogens is 2. The number of halogens is 2. The molecule has 0 saturated carbocycles. The molecule has 1 aliphatic carbocycles. The highest BCUT2D eigenvalue weighted by molar-refractivity contribution is 6.32. The van der Waals surface area contributed by atoms with E-state index in [1.165, 1.54) is 46.8 Å². The molecule has 0 N–H and O–H groups in total. The summed E-state index contributed by atoms with van der Waals surface area (Å²) in [6.07, 6.45) is 6.99. The summed E-state index contributed by atoms with van der Waals surface area (Å²) in [5.74, 6) is 2.38. The molecule has 0 amide bonds. The lowest BCUT2D eigenvalue weighted by molar-refractivity contribution is 0.320. The van der Waals surface area contributed by atoms with Crippen molar-refractivity contribution >= 4 is 23.5 Å². The van der Waals surface area contributed by atoms with Crippen LogP contribution in [-0.4, -0.2) is 47.6 Å². The number of rotatable bonds is 6. The van der Waals surface area contributed by atoms with Gasteiger partial charge >= 0.3 is 0 Å². The fraction of sp³-hybridized carbons (Fsp3) is 0.345. The van der Waals surface area contributed by atoms with Gasteiger partial charge in [-0.15, -0.1) is 0 Å². The molecule has 8 heteroatoms. The molecule has 2 aromatic carbocycles. The summed E-state index contributed by atoms with van der Waals surface area (Å²) < 4.78 is 19.4. The third-order valence-electron chi connectivity index (χ3n) is 7.89. The summed E-state index contributed by atoms with van der Waals surface area (Å²) in [5, 5.41) is 9.47. The quantitative estimate of drug-likeness (QED) is 0.435. The number of allylic oxidation sites excluding steroid dienone is 1. The van der Waals surface area contributed by atoms with Crippen molar-refractivity contribution in [1.82, 2.24) is 14.9 Å². The maximum Gasteiger partial charge on any atom is 0.188 e. The van der Waals surface area contributed by atoms with Crippen molar-refractivity contribution in [1.29, 1.82) is 5.26 Å². The lowest BCUT2D eigenvalue weighted by atomic mass is 9.97. The molecule has 6 rings (SSSR count). The average molecular weight is 516 g/mol. The number of benzene rings is 2. The van der Waals surface area contributed by atoms with Gasteiger partial charge < -0.3 is 14.5 Å². The molecule has 6 nitrogen and oxygen atoms in total. The van der Waals surface area contributed by atoms with Gasteiger partial charge in [-0.1, -0.05) is 23.7 Å². The Bertz CT molecular complexity index is 1420. The van der Waals surface area contributed by atoms with Gasteiger partial charge in [0.2, 0.25) is 0 Å². The van der Waals surface area contributed by atoms with E-state index in [1.54, 1.807) is 6.20 Å². The second-order valence-electron chi connectivity index (χ2n) is 10.2. The Morgan fingerprint density at radius 1 is 1.14 bits per heavy atom. The highest BCUT2D eigenvalue weighted by Gasteiger charge is 2.41. The number of likely N-dealkylation sites (tertiary alicyclic amines) is 1. The molecule has 3 heterocycles. The summed E-state index contributed by atoms with van der Waals surface area (Å²) in [7, 11) is 0. The molecule has 0 radical (unpaired) electrons. The van der Waals surface area contributed by atoms with Crippen LogP contribution in [0.15, 0.2) is 48.4 Å². The largest absolute Gasteiger partial charge is 0.450 e. The van der Waals surface area contributed by atoms with E-state index in [0.29, 0.717) is 23.3 Å².